The minimum atomic E-state index is -0.154. The summed E-state index contributed by atoms with van der Waals surface area (Å²) in [5.41, 5.74) is 2.25. The molecule has 0 unspecified atom stereocenters. The molecule has 2 aromatic rings. The predicted octanol–water partition coefficient (Wildman–Crippen LogP) is 0.166. The minimum absolute atomic E-state index is 0.154. The van der Waals surface area contributed by atoms with Gasteiger partial charge in [0.2, 0.25) is 0 Å². The Labute approximate surface area is 104 Å². The van der Waals surface area contributed by atoms with Gasteiger partial charge in [0.25, 0.3) is 5.91 Å². The topological polar surface area (TPSA) is 71.3 Å². The van der Waals surface area contributed by atoms with Crippen molar-refractivity contribution in [3.05, 3.63) is 29.7 Å². The van der Waals surface area contributed by atoms with Crippen LogP contribution in [0.2, 0.25) is 0 Å². The quantitative estimate of drug-likeness (QED) is 0.791. The molecule has 1 saturated heterocycles. The third-order valence-corrected chi connectivity index (χ3v) is 3.38. The van der Waals surface area contributed by atoms with Crippen LogP contribution in [0.4, 0.5) is 0 Å². The average Bonchev–Trinajstić information content (AvgIpc) is 3.06. The van der Waals surface area contributed by atoms with Crippen molar-refractivity contribution in [3.63, 3.8) is 0 Å². The summed E-state index contributed by atoms with van der Waals surface area (Å²) in [6.07, 6.45) is 4.42. The number of nitrogens with one attached hydrogen (secondary N) is 2. The molecule has 0 saturated carbocycles. The fourth-order valence-electron chi connectivity index (χ4n) is 2.42. The Kier molecular flexibility index (Phi) is 2.71. The molecule has 0 aromatic carbocycles. The highest BCUT2D eigenvalue weighted by molar-refractivity contribution is 5.99. The second-order valence-corrected chi connectivity index (χ2v) is 4.43. The Bertz CT molecular complexity index is 585. The number of carbonyl (C=O) groups excluding carboxylic acids is 1. The SMILES string of the molecule is CNC(=O)c1cnn2c([C@@H]3CCNC3)ccnc12. The molecule has 0 aliphatic carbocycles. The predicted molar refractivity (Wildman–Crippen MR) is 66.6 cm³/mol. The van der Waals surface area contributed by atoms with Gasteiger partial charge >= 0.3 is 0 Å². The molecule has 2 N–H and O–H groups in total. The number of hydrogen-bond donors (Lipinski definition) is 2. The van der Waals surface area contributed by atoms with Gasteiger partial charge in [0, 0.05) is 25.7 Å². The van der Waals surface area contributed by atoms with Crippen LogP contribution in [0.25, 0.3) is 5.65 Å². The third kappa shape index (κ3) is 1.65. The first-order valence-electron chi connectivity index (χ1n) is 6.06. The summed E-state index contributed by atoms with van der Waals surface area (Å²) >= 11 is 0. The van der Waals surface area contributed by atoms with Crippen LogP contribution in [-0.2, 0) is 0 Å². The number of rotatable bonds is 2. The van der Waals surface area contributed by atoms with Crippen molar-refractivity contribution in [3.8, 4) is 0 Å². The lowest BCUT2D eigenvalue weighted by atomic mass is 10.0. The van der Waals surface area contributed by atoms with Crippen molar-refractivity contribution in [2.75, 3.05) is 20.1 Å². The van der Waals surface area contributed by atoms with Crippen molar-refractivity contribution in [1.29, 1.82) is 0 Å². The van der Waals surface area contributed by atoms with E-state index in [1.807, 2.05) is 6.07 Å². The van der Waals surface area contributed by atoms with E-state index in [1.54, 1.807) is 24.0 Å². The number of hydrogen-bond acceptors (Lipinski definition) is 4. The van der Waals surface area contributed by atoms with Crippen molar-refractivity contribution in [2.45, 2.75) is 12.3 Å². The molecule has 0 spiro atoms. The lowest BCUT2D eigenvalue weighted by Crippen LogP contribution is -2.18. The lowest BCUT2D eigenvalue weighted by molar-refractivity contribution is 0.0964. The molecule has 0 bridgehead atoms. The number of aromatic nitrogens is 3. The smallest absolute Gasteiger partial charge is 0.256 e. The number of amides is 1. The van der Waals surface area contributed by atoms with E-state index >= 15 is 0 Å². The fraction of sp³-hybridized carbons (Fsp3) is 0.417. The van der Waals surface area contributed by atoms with Crippen LogP contribution < -0.4 is 10.6 Å². The summed E-state index contributed by atoms with van der Waals surface area (Å²) in [7, 11) is 1.61. The summed E-state index contributed by atoms with van der Waals surface area (Å²) in [5.74, 6) is 0.284. The van der Waals surface area contributed by atoms with Crippen LogP contribution in [0.1, 0.15) is 28.4 Å². The van der Waals surface area contributed by atoms with E-state index in [2.05, 4.69) is 20.7 Å². The van der Waals surface area contributed by atoms with E-state index in [9.17, 15) is 4.79 Å². The molecule has 1 atom stereocenters. The summed E-state index contributed by atoms with van der Waals surface area (Å²) < 4.78 is 1.78. The van der Waals surface area contributed by atoms with Crippen molar-refractivity contribution >= 4 is 11.6 Å². The maximum absolute atomic E-state index is 11.7. The first-order valence-corrected chi connectivity index (χ1v) is 6.06. The molecule has 1 amide bonds. The zero-order chi connectivity index (χ0) is 12.5. The number of nitrogens with zero attached hydrogens (tertiary/aromatic N) is 3. The molecule has 3 rings (SSSR count). The molecule has 6 heteroatoms. The van der Waals surface area contributed by atoms with Crippen LogP contribution in [0, 0.1) is 0 Å². The van der Waals surface area contributed by atoms with E-state index in [4.69, 9.17) is 0 Å². The highest BCUT2D eigenvalue weighted by Crippen LogP contribution is 2.23. The van der Waals surface area contributed by atoms with Gasteiger partial charge in [-0.15, -0.1) is 0 Å². The second-order valence-electron chi connectivity index (χ2n) is 4.43. The van der Waals surface area contributed by atoms with E-state index in [-0.39, 0.29) is 5.91 Å². The van der Waals surface area contributed by atoms with E-state index in [0.717, 1.165) is 25.2 Å². The third-order valence-electron chi connectivity index (χ3n) is 3.38. The molecule has 94 valence electrons. The number of fused-ring (bicyclic) bond motifs is 1. The minimum Gasteiger partial charge on any atom is -0.355 e. The van der Waals surface area contributed by atoms with Gasteiger partial charge in [0.1, 0.15) is 5.56 Å². The first-order chi connectivity index (χ1) is 8.81. The fourth-order valence-corrected chi connectivity index (χ4v) is 2.42. The molecule has 1 fully saturated rings. The Hall–Kier alpha value is -1.95. The van der Waals surface area contributed by atoms with Crippen molar-refractivity contribution < 1.29 is 4.79 Å². The zero-order valence-electron chi connectivity index (χ0n) is 10.2. The van der Waals surface area contributed by atoms with Crippen LogP contribution in [0.5, 0.6) is 0 Å². The molecule has 0 radical (unpaired) electrons. The van der Waals surface area contributed by atoms with Gasteiger partial charge in [-0.05, 0) is 19.0 Å². The summed E-state index contributed by atoms with van der Waals surface area (Å²) in [5, 5.41) is 10.2. The van der Waals surface area contributed by atoms with E-state index in [1.165, 1.54) is 0 Å². The zero-order valence-corrected chi connectivity index (χ0v) is 10.2. The molecule has 1 aliphatic rings. The maximum Gasteiger partial charge on any atom is 0.256 e. The Morgan fingerprint density at radius 1 is 1.61 bits per heavy atom. The first kappa shape index (κ1) is 11.2. The highest BCUT2D eigenvalue weighted by Gasteiger charge is 2.21. The summed E-state index contributed by atoms with van der Waals surface area (Å²) in [6.45, 7) is 1.98. The Morgan fingerprint density at radius 2 is 2.50 bits per heavy atom. The van der Waals surface area contributed by atoms with E-state index in [0.29, 0.717) is 17.1 Å². The maximum atomic E-state index is 11.7. The molecular formula is C12H15N5O. The van der Waals surface area contributed by atoms with Gasteiger partial charge in [-0.1, -0.05) is 0 Å². The van der Waals surface area contributed by atoms with Gasteiger partial charge < -0.3 is 10.6 Å². The molecule has 6 nitrogen and oxygen atoms in total. The van der Waals surface area contributed by atoms with Gasteiger partial charge in [-0.25, -0.2) is 9.50 Å². The highest BCUT2D eigenvalue weighted by atomic mass is 16.1. The van der Waals surface area contributed by atoms with Gasteiger partial charge in [-0.3, -0.25) is 4.79 Å². The normalized spacial score (nSPS) is 19.3. The summed E-state index contributed by atoms with van der Waals surface area (Å²) in [6, 6.07) is 1.98. The Balaban J connectivity index is 2.11. The molecule has 1 aliphatic heterocycles. The van der Waals surface area contributed by atoms with Crippen LogP contribution >= 0.6 is 0 Å². The molecule has 3 heterocycles. The molecular weight excluding hydrogens is 230 g/mol. The van der Waals surface area contributed by atoms with Crippen LogP contribution in [-0.4, -0.2) is 40.6 Å². The number of carbonyl (C=O) groups is 1. The van der Waals surface area contributed by atoms with Crippen LogP contribution in [0.15, 0.2) is 18.5 Å². The molecule has 18 heavy (non-hydrogen) atoms. The van der Waals surface area contributed by atoms with Crippen molar-refractivity contribution in [2.24, 2.45) is 0 Å². The summed E-state index contributed by atoms with van der Waals surface area (Å²) in [4.78, 5) is 16.0. The lowest BCUT2D eigenvalue weighted by Gasteiger charge is -2.10. The Morgan fingerprint density at radius 3 is 3.22 bits per heavy atom. The second kappa shape index (κ2) is 4.38. The van der Waals surface area contributed by atoms with Crippen molar-refractivity contribution in [1.82, 2.24) is 25.2 Å². The van der Waals surface area contributed by atoms with Gasteiger partial charge in [0.15, 0.2) is 5.65 Å². The van der Waals surface area contributed by atoms with Crippen LogP contribution in [0.3, 0.4) is 0 Å². The largest absolute Gasteiger partial charge is 0.355 e. The molecule has 2 aromatic heterocycles. The van der Waals surface area contributed by atoms with E-state index < -0.39 is 0 Å². The standard InChI is InChI=1S/C12H15N5O/c1-13-12(18)9-7-16-17-10(3-5-15-11(9)17)8-2-4-14-6-8/h3,5,7-8,14H,2,4,6H2,1H3,(H,13,18)/t8-/m1/s1. The monoisotopic (exact) mass is 245 g/mol. The van der Waals surface area contributed by atoms with Gasteiger partial charge in [0.05, 0.1) is 11.9 Å². The van der Waals surface area contributed by atoms with Gasteiger partial charge in [-0.2, -0.15) is 5.10 Å². The average molecular weight is 245 g/mol.